The van der Waals surface area contributed by atoms with Crippen LogP contribution >= 0.6 is 23.2 Å². The smallest absolute Gasteiger partial charge is 0.269 e. The highest BCUT2D eigenvalue weighted by Crippen LogP contribution is 2.26. The summed E-state index contributed by atoms with van der Waals surface area (Å²) in [6.07, 6.45) is -0.926. The Balaban J connectivity index is 2.12. The number of alkyl halides is 2. The van der Waals surface area contributed by atoms with Crippen LogP contribution in [0.1, 0.15) is 11.7 Å². The molecule has 0 fully saturated rings. The van der Waals surface area contributed by atoms with Gasteiger partial charge in [0.15, 0.2) is 4.84 Å². The molecule has 2 rings (SSSR count). The Bertz CT molecular complexity index is 504. The van der Waals surface area contributed by atoms with E-state index in [1.54, 1.807) is 0 Å². The van der Waals surface area contributed by atoms with E-state index in [4.69, 9.17) is 27.9 Å². The molecule has 0 bridgehead atoms. The van der Waals surface area contributed by atoms with E-state index in [0.717, 1.165) is 0 Å². The Kier molecular flexibility index (Phi) is 4.24. The van der Waals surface area contributed by atoms with Gasteiger partial charge < -0.3 is 9.84 Å². The van der Waals surface area contributed by atoms with E-state index in [1.165, 1.54) is 24.3 Å². The van der Waals surface area contributed by atoms with Crippen molar-refractivity contribution in [2.75, 3.05) is 6.61 Å². The van der Waals surface area contributed by atoms with E-state index < -0.39 is 21.9 Å². The fraction of sp³-hybridized carbons (Fsp3) is 0.364. The topological polar surface area (TPSA) is 85.0 Å². The van der Waals surface area contributed by atoms with Gasteiger partial charge in [0.25, 0.3) is 5.69 Å². The van der Waals surface area contributed by atoms with E-state index in [-0.39, 0.29) is 18.2 Å². The van der Waals surface area contributed by atoms with Gasteiger partial charge in [-0.2, -0.15) is 0 Å². The summed E-state index contributed by atoms with van der Waals surface area (Å²) in [4.78, 5) is 13.2. The van der Waals surface area contributed by atoms with Crippen LogP contribution in [-0.2, 0) is 4.74 Å². The predicted molar refractivity (Wildman–Crippen MR) is 70.7 cm³/mol. The van der Waals surface area contributed by atoms with Gasteiger partial charge in [-0.3, -0.25) is 10.1 Å². The zero-order chi connectivity index (χ0) is 14.0. The minimum Gasteiger partial charge on any atom is -0.477 e. The van der Waals surface area contributed by atoms with Crippen molar-refractivity contribution < 1.29 is 14.8 Å². The summed E-state index contributed by atoms with van der Waals surface area (Å²) in [6.45, 7) is 0.170. The van der Waals surface area contributed by atoms with Crippen molar-refractivity contribution in [3.63, 3.8) is 0 Å². The number of halogens is 2. The molecule has 1 aromatic carbocycles. The molecule has 1 N–H and O–H groups in total. The van der Waals surface area contributed by atoms with Crippen LogP contribution in [0.5, 0.6) is 0 Å². The summed E-state index contributed by atoms with van der Waals surface area (Å²) in [5.74, 6) is 0.175. The molecule has 0 saturated carbocycles. The molecule has 0 radical (unpaired) electrons. The van der Waals surface area contributed by atoms with E-state index in [2.05, 4.69) is 4.99 Å². The van der Waals surface area contributed by atoms with Crippen molar-refractivity contribution in [1.82, 2.24) is 0 Å². The number of non-ortho nitro benzene ring substituents is 1. The average molecular weight is 305 g/mol. The standard InChI is InChI=1S/C11H10Cl2N2O4/c12-10(13)11-14-8(5-19-11)9(16)6-1-3-7(4-2-6)15(17)18/h1-4,8-10,16H,5H2. The molecular weight excluding hydrogens is 295 g/mol. The summed E-state index contributed by atoms with van der Waals surface area (Å²) in [7, 11) is 0. The lowest BCUT2D eigenvalue weighted by Gasteiger charge is -2.14. The Morgan fingerprint density at radius 1 is 1.42 bits per heavy atom. The fourth-order valence-electron chi connectivity index (χ4n) is 1.71. The summed E-state index contributed by atoms with van der Waals surface area (Å²) in [5, 5.41) is 20.6. The number of aliphatic imine (C=N–C) groups is 1. The van der Waals surface area contributed by atoms with E-state index in [0.29, 0.717) is 5.56 Å². The maximum absolute atomic E-state index is 10.5. The number of nitro groups is 1. The van der Waals surface area contributed by atoms with Crippen LogP contribution in [0.3, 0.4) is 0 Å². The summed E-state index contributed by atoms with van der Waals surface area (Å²) in [6, 6.07) is 5.09. The van der Waals surface area contributed by atoms with E-state index in [9.17, 15) is 15.2 Å². The number of nitro benzene ring substituents is 1. The zero-order valence-corrected chi connectivity index (χ0v) is 11.1. The molecule has 0 amide bonds. The molecular formula is C11H10Cl2N2O4. The Morgan fingerprint density at radius 3 is 2.53 bits per heavy atom. The third-order valence-corrected chi connectivity index (χ3v) is 3.06. The van der Waals surface area contributed by atoms with E-state index >= 15 is 0 Å². The van der Waals surface area contributed by atoms with Crippen molar-refractivity contribution in [3.05, 3.63) is 39.9 Å². The first-order valence-electron chi connectivity index (χ1n) is 5.40. The lowest BCUT2D eigenvalue weighted by Crippen LogP contribution is -2.17. The quantitative estimate of drug-likeness (QED) is 0.525. The molecule has 0 aliphatic carbocycles. The molecule has 2 atom stereocenters. The maximum Gasteiger partial charge on any atom is 0.269 e. The van der Waals surface area contributed by atoms with Crippen molar-refractivity contribution in [2.45, 2.75) is 17.0 Å². The average Bonchev–Trinajstić information content (AvgIpc) is 2.87. The number of rotatable bonds is 4. The molecule has 1 aromatic rings. The van der Waals surface area contributed by atoms with Crippen LogP contribution < -0.4 is 0 Å². The maximum atomic E-state index is 10.5. The number of ether oxygens (including phenoxy) is 1. The molecule has 102 valence electrons. The first kappa shape index (κ1) is 14.0. The van der Waals surface area contributed by atoms with Crippen LogP contribution in [-0.4, -0.2) is 33.4 Å². The summed E-state index contributed by atoms with van der Waals surface area (Å²) >= 11 is 11.2. The second-order valence-corrected chi connectivity index (χ2v) is 5.04. The van der Waals surface area contributed by atoms with Crippen molar-refractivity contribution >= 4 is 34.8 Å². The Morgan fingerprint density at radius 2 is 2.05 bits per heavy atom. The van der Waals surface area contributed by atoms with Gasteiger partial charge in [0.2, 0.25) is 5.90 Å². The molecule has 19 heavy (non-hydrogen) atoms. The van der Waals surface area contributed by atoms with Gasteiger partial charge in [0.05, 0.1) is 4.92 Å². The first-order chi connectivity index (χ1) is 8.99. The number of aliphatic hydroxyl groups is 1. The Hall–Kier alpha value is -1.37. The number of aliphatic hydroxyl groups excluding tert-OH is 1. The van der Waals surface area contributed by atoms with Crippen LogP contribution in [0, 0.1) is 10.1 Å². The number of nitrogens with zero attached hydrogens (tertiary/aromatic N) is 2. The largest absolute Gasteiger partial charge is 0.477 e. The number of hydrogen-bond acceptors (Lipinski definition) is 5. The van der Waals surface area contributed by atoms with Crippen LogP contribution in [0.25, 0.3) is 0 Å². The van der Waals surface area contributed by atoms with Crippen molar-refractivity contribution in [3.8, 4) is 0 Å². The van der Waals surface area contributed by atoms with Gasteiger partial charge in [-0.1, -0.05) is 23.2 Å². The molecule has 1 heterocycles. The number of hydrogen-bond donors (Lipinski definition) is 1. The van der Waals surface area contributed by atoms with Crippen molar-refractivity contribution in [2.24, 2.45) is 4.99 Å². The highest BCUT2D eigenvalue weighted by Gasteiger charge is 2.29. The third-order valence-electron chi connectivity index (χ3n) is 2.69. The third kappa shape index (κ3) is 3.15. The molecule has 1 aliphatic rings. The van der Waals surface area contributed by atoms with Crippen molar-refractivity contribution in [1.29, 1.82) is 0 Å². The minimum absolute atomic E-state index is 0.0376. The molecule has 0 saturated heterocycles. The highest BCUT2D eigenvalue weighted by molar-refractivity contribution is 6.53. The normalized spacial score (nSPS) is 20.0. The Labute approximate surface area is 118 Å². The molecule has 2 unspecified atom stereocenters. The number of benzene rings is 1. The predicted octanol–water partition coefficient (Wildman–Crippen LogP) is 2.23. The summed E-state index contributed by atoms with van der Waals surface area (Å²) in [5.41, 5.74) is 0.481. The lowest BCUT2D eigenvalue weighted by molar-refractivity contribution is -0.384. The van der Waals surface area contributed by atoms with Gasteiger partial charge >= 0.3 is 0 Å². The SMILES string of the molecule is O=[N+]([O-])c1ccc(C(O)C2COC(C(Cl)Cl)=N2)cc1. The molecule has 1 aliphatic heterocycles. The van der Waals surface area contributed by atoms with Crippen LogP contribution in [0.15, 0.2) is 29.3 Å². The van der Waals surface area contributed by atoms with Gasteiger partial charge in [-0.25, -0.2) is 4.99 Å². The van der Waals surface area contributed by atoms with Gasteiger partial charge in [0, 0.05) is 12.1 Å². The zero-order valence-electron chi connectivity index (χ0n) is 9.57. The van der Waals surface area contributed by atoms with Gasteiger partial charge in [0.1, 0.15) is 18.8 Å². The second kappa shape index (κ2) is 5.73. The van der Waals surface area contributed by atoms with Crippen LogP contribution in [0.4, 0.5) is 5.69 Å². The first-order valence-corrected chi connectivity index (χ1v) is 6.27. The summed E-state index contributed by atoms with van der Waals surface area (Å²) < 4.78 is 5.15. The molecule has 6 nitrogen and oxygen atoms in total. The molecule has 0 spiro atoms. The van der Waals surface area contributed by atoms with Gasteiger partial charge in [-0.15, -0.1) is 0 Å². The highest BCUT2D eigenvalue weighted by atomic mass is 35.5. The second-order valence-electron chi connectivity index (χ2n) is 3.94. The van der Waals surface area contributed by atoms with Gasteiger partial charge in [-0.05, 0) is 17.7 Å². The minimum atomic E-state index is -0.926. The van der Waals surface area contributed by atoms with E-state index in [1.807, 2.05) is 0 Å². The molecule has 8 heteroatoms. The fourth-order valence-corrected chi connectivity index (χ4v) is 1.94. The molecule has 0 aromatic heterocycles. The monoisotopic (exact) mass is 304 g/mol. The van der Waals surface area contributed by atoms with Crippen LogP contribution in [0.2, 0.25) is 0 Å². The lowest BCUT2D eigenvalue weighted by atomic mass is 10.0.